The minimum atomic E-state index is -0.836. The molecule has 4 nitrogen and oxygen atoms in total. The third-order valence-electron chi connectivity index (χ3n) is 5.12. The molecular formula is C22H25NO3. The topological polar surface area (TPSA) is 66.4 Å². The fourth-order valence-corrected chi connectivity index (χ4v) is 3.46. The molecular weight excluding hydrogens is 326 g/mol. The fraction of sp³-hybridized carbons (Fsp3) is 0.364. The molecule has 1 saturated carbocycles. The van der Waals surface area contributed by atoms with Gasteiger partial charge >= 0.3 is 5.97 Å². The minimum absolute atomic E-state index is 0.0226. The van der Waals surface area contributed by atoms with Crippen LogP contribution in [0.15, 0.2) is 54.6 Å². The molecule has 1 amide bonds. The molecule has 2 N–H and O–H groups in total. The predicted molar refractivity (Wildman–Crippen MR) is 101 cm³/mol. The van der Waals surface area contributed by atoms with Crippen molar-refractivity contribution in [3.63, 3.8) is 0 Å². The first-order valence-corrected chi connectivity index (χ1v) is 9.13. The molecule has 2 aromatic carbocycles. The molecule has 1 atom stereocenters. The number of benzene rings is 2. The number of carbonyl (C=O) groups excluding carboxylic acids is 1. The van der Waals surface area contributed by atoms with E-state index in [2.05, 4.69) is 11.4 Å². The molecule has 0 bridgehead atoms. The second-order valence-electron chi connectivity index (χ2n) is 7.24. The zero-order valence-corrected chi connectivity index (χ0v) is 15.1. The van der Waals surface area contributed by atoms with E-state index in [4.69, 9.17) is 5.11 Å². The van der Waals surface area contributed by atoms with Gasteiger partial charge in [0.1, 0.15) is 0 Å². The molecule has 0 heterocycles. The maximum absolute atomic E-state index is 13.0. The summed E-state index contributed by atoms with van der Waals surface area (Å²) >= 11 is 0. The Bertz CT molecular complexity index is 781. The van der Waals surface area contributed by atoms with E-state index in [1.165, 1.54) is 0 Å². The molecule has 1 fully saturated rings. The standard InChI is InChI=1S/C22H25NO3/c1-16-6-5-9-18(14-16)22(12-13-22)21(26)23-19(10-11-20(24)25)15-17-7-3-2-4-8-17/h2-9,14,19H,10-13,15H2,1H3,(H,23,26)(H,24,25). The van der Waals surface area contributed by atoms with Crippen LogP contribution in [-0.4, -0.2) is 23.0 Å². The highest BCUT2D eigenvalue weighted by Gasteiger charge is 2.51. The molecule has 0 spiro atoms. The van der Waals surface area contributed by atoms with Crippen molar-refractivity contribution < 1.29 is 14.7 Å². The number of aliphatic carboxylic acids is 1. The van der Waals surface area contributed by atoms with Crippen LogP contribution in [0.25, 0.3) is 0 Å². The van der Waals surface area contributed by atoms with Crippen molar-refractivity contribution in [2.75, 3.05) is 0 Å². The van der Waals surface area contributed by atoms with Gasteiger partial charge in [-0.1, -0.05) is 60.2 Å². The quantitative estimate of drug-likeness (QED) is 0.763. The molecule has 136 valence electrons. The van der Waals surface area contributed by atoms with Gasteiger partial charge in [0.25, 0.3) is 0 Å². The second-order valence-corrected chi connectivity index (χ2v) is 7.24. The third kappa shape index (κ3) is 4.31. The Balaban J connectivity index is 1.73. The van der Waals surface area contributed by atoms with Crippen molar-refractivity contribution >= 4 is 11.9 Å². The van der Waals surface area contributed by atoms with E-state index in [0.717, 1.165) is 29.5 Å². The van der Waals surface area contributed by atoms with Crippen LogP contribution in [0.2, 0.25) is 0 Å². The maximum atomic E-state index is 13.0. The number of rotatable bonds is 8. The van der Waals surface area contributed by atoms with Crippen molar-refractivity contribution in [3.05, 3.63) is 71.3 Å². The summed E-state index contributed by atoms with van der Waals surface area (Å²) in [6.45, 7) is 2.03. The Labute approximate surface area is 154 Å². The minimum Gasteiger partial charge on any atom is -0.481 e. The molecule has 26 heavy (non-hydrogen) atoms. The van der Waals surface area contributed by atoms with Gasteiger partial charge in [0, 0.05) is 12.5 Å². The van der Waals surface area contributed by atoms with Crippen LogP contribution in [0.5, 0.6) is 0 Å². The SMILES string of the molecule is Cc1cccc(C2(C(=O)NC(CCC(=O)O)Cc3ccccc3)CC2)c1. The van der Waals surface area contributed by atoms with Crippen molar-refractivity contribution in [2.24, 2.45) is 0 Å². The van der Waals surface area contributed by atoms with Gasteiger partial charge in [-0.3, -0.25) is 9.59 Å². The number of hydrogen-bond acceptors (Lipinski definition) is 2. The Morgan fingerprint density at radius 1 is 1.12 bits per heavy atom. The van der Waals surface area contributed by atoms with E-state index >= 15 is 0 Å². The lowest BCUT2D eigenvalue weighted by atomic mass is 9.92. The first kappa shape index (κ1) is 18.2. The molecule has 1 unspecified atom stereocenters. The van der Waals surface area contributed by atoms with Gasteiger partial charge < -0.3 is 10.4 Å². The van der Waals surface area contributed by atoms with E-state index in [0.29, 0.717) is 12.8 Å². The third-order valence-corrected chi connectivity index (χ3v) is 5.12. The Kier molecular flexibility index (Phi) is 5.40. The Morgan fingerprint density at radius 2 is 1.85 bits per heavy atom. The molecule has 0 radical (unpaired) electrons. The predicted octanol–water partition coefficient (Wildman–Crippen LogP) is 3.62. The first-order valence-electron chi connectivity index (χ1n) is 9.13. The zero-order valence-electron chi connectivity index (χ0n) is 15.1. The number of nitrogens with one attached hydrogen (secondary N) is 1. The largest absolute Gasteiger partial charge is 0.481 e. The molecule has 0 saturated heterocycles. The highest BCUT2D eigenvalue weighted by Crippen LogP contribution is 2.48. The summed E-state index contributed by atoms with van der Waals surface area (Å²) in [4.78, 5) is 24.0. The van der Waals surface area contributed by atoms with E-state index in [9.17, 15) is 9.59 Å². The van der Waals surface area contributed by atoms with E-state index in [1.54, 1.807) is 0 Å². The van der Waals surface area contributed by atoms with Crippen LogP contribution in [0.4, 0.5) is 0 Å². The van der Waals surface area contributed by atoms with Gasteiger partial charge in [0.2, 0.25) is 5.91 Å². The average Bonchev–Trinajstić information content (AvgIpc) is 3.42. The van der Waals surface area contributed by atoms with Crippen LogP contribution >= 0.6 is 0 Å². The molecule has 1 aliphatic rings. The number of carboxylic acid groups (broad SMARTS) is 1. The molecule has 4 heteroatoms. The zero-order chi connectivity index (χ0) is 18.6. The monoisotopic (exact) mass is 351 g/mol. The average molecular weight is 351 g/mol. The molecule has 2 aromatic rings. The van der Waals surface area contributed by atoms with Crippen LogP contribution < -0.4 is 5.32 Å². The molecule has 0 aromatic heterocycles. The summed E-state index contributed by atoms with van der Waals surface area (Å²) < 4.78 is 0. The van der Waals surface area contributed by atoms with Gasteiger partial charge in [-0.2, -0.15) is 0 Å². The van der Waals surface area contributed by atoms with E-state index in [1.807, 2.05) is 55.5 Å². The smallest absolute Gasteiger partial charge is 0.303 e. The van der Waals surface area contributed by atoms with Crippen LogP contribution in [0.3, 0.4) is 0 Å². The van der Waals surface area contributed by atoms with E-state index in [-0.39, 0.29) is 18.4 Å². The Morgan fingerprint density at radius 3 is 2.46 bits per heavy atom. The summed E-state index contributed by atoms with van der Waals surface area (Å²) in [5.41, 5.74) is 2.87. The van der Waals surface area contributed by atoms with Gasteiger partial charge in [-0.15, -0.1) is 0 Å². The molecule has 0 aliphatic heterocycles. The highest BCUT2D eigenvalue weighted by atomic mass is 16.4. The summed E-state index contributed by atoms with van der Waals surface area (Å²) in [6, 6.07) is 17.8. The number of hydrogen-bond donors (Lipinski definition) is 2. The Hall–Kier alpha value is -2.62. The summed E-state index contributed by atoms with van der Waals surface area (Å²) in [6.07, 6.45) is 2.82. The number of aryl methyl sites for hydroxylation is 1. The molecule has 3 rings (SSSR count). The van der Waals surface area contributed by atoms with Crippen LogP contribution in [-0.2, 0) is 21.4 Å². The van der Waals surface area contributed by atoms with Gasteiger partial charge in [0.05, 0.1) is 5.41 Å². The van der Waals surface area contributed by atoms with Gasteiger partial charge in [-0.05, 0) is 43.7 Å². The first-order chi connectivity index (χ1) is 12.5. The van der Waals surface area contributed by atoms with Crippen molar-refractivity contribution in [3.8, 4) is 0 Å². The van der Waals surface area contributed by atoms with Crippen molar-refractivity contribution in [1.29, 1.82) is 0 Å². The number of carbonyl (C=O) groups is 2. The summed E-state index contributed by atoms with van der Waals surface area (Å²) in [5, 5.41) is 12.2. The number of amides is 1. The number of carboxylic acids is 1. The van der Waals surface area contributed by atoms with Crippen LogP contribution in [0.1, 0.15) is 42.4 Å². The highest BCUT2D eigenvalue weighted by molar-refractivity contribution is 5.91. The second kappa shape index (κ2) is 7.73. The van der Waals surface area contributed by atoms with Gasteiger partial charge in [-0.25, -0.2) is 0 Å². The van der Waals surface area contributed by atoms with E-state index < -0.39 is 11.4 Å². The lowest BCUT2D eigenvalue weighted by molar-refractivity contribution is -0.137. The molecule has 1 aliphatic carbocycles. The maximum Gasteiger partial charge on any atom is 0.303 e. The summed E-state index contributed by atoms with van der Waals surface area (Å²) in [7, 11) is 0. The van der Waals surface area contributed by atoms with Crippen molar-refractivity contribution in [1.82, 2.24) is 5.32 Å². The normalized spacial score (nSPS) is 15.9. The van der Waals surface area contributed by atoms with Gasteiger partial charge in [0.15, 0.2) is 0 Å². The lowest BCUT2D eigenvalue weighted by Crippen LogP contribution is -2.43. The lowest BCUT2D eigenvalue weighted by Gasteiger charge is -2.23. The summed E-state index contributed by atoms with van der Waals surface area (Å²) in [5.74, 6) is -0.813. The van der Waals surface area contributed by atoms with Crippen LogP contribution in [0, 0.1) is 6.92 Å². The fourth-order valence-electron chi connectivity index (χ4n) is 3.46. The van der Waals surface area contributed by atoms with Crippen molar-refractivity contribution in [2.45, 2.75) is 50.5 Å².